The van der Waals surface area contributed by atoms with Crippen LogP contribution in [0.25, 0.3) is 5.65 Å². The second-order valence-electron chi connectivity index (χ2n) is 5.84. The van der Waals surface area contributed by atoms with Crippen LogP contribution >= 0.6 is 15.9 Å². The Morgan fingerprint density at radius 2 is 2.18 bits per heavy atom. The first-order valence-corrected chi connectivity index (χ1v) is 7.73. The lowest BCUT2D eigenvalue weighted by Crippen LogP contribution is -2.43. The van der Waals surface area contributed by atoms with E-state index in [0.717, 1.165) is 10.3 Å². The normalized spacial score (nSPS) is 11.5. The summed E-state index contributed by atoms with van der Waals surface area (Å²) in [7, 11) is 1.72. The van der Waals surface area contributed by atoms with E-state index in [9.17, 15) is 4.79 Å². The quantitative estimate of drug-likeness (QED) is 0.838. The van der Waals surface area contributed by atoms with E-state index in [1.54, 1.807) is 22.7 Å². The van der Waals surface area contributed by atoms with Gasteiger partial charge in [-0.05, 0) is 48.8 Å². The van der Waals surface area contributed by atoms with Gasteiger partial charge in [-0.25, -0.2) is 14.3 Å². The molecule has 0 saturated heterocycles. The third-order valence-electron chi connectivity index (χ3n) is 3.23. The van der Waals surface area contributed by atoms with Crippen molar-refractivity contribution in [3.63, 3.8) is 0 Å². The highest BCUT2D eigenvalue weighted by molar-refractivity contribution is 9.10. The van der Waals surface area contributed by atoms with Gasteiger partial charge in [0.2, 0.25) is 0 Å². The second-order valence-corrected chi connectivity index (χ2v) is 6.65. The Balaban J connectivity index is 1.83. The molecular formula is C14H20BrN5O2. The monoisotopic (exact) mass is 369 g/mol. The van der Waals surface area contributed by atoms with Gasteiger partial charge in [0.1, 0.15) is 17.0 Å². The fraction of sp³-hybridized carbons (Fsp3) is 0.500. The van der Waals surface area contributed by atoms with E-state index in [4.69, 9.17) is 4.74 Å². The number of hydrogen-bond donors (Lipinski definition) is 1. The lowest BCUT2D eigenvalue weighted by atomic mass is 10.1. The molecule has 0 bridgehead atoms. The van der Waals surface area contributed by atoms with Crippen molar-refractivity contribution in [3.8, 4) is 0 Å². The van der Waals surface area contributed by atoms with Crippen LogP contribution in [0.2, 0.25) is 0 Å². The van der Waals surface area contributed by atoms with Gasteiger partial charge in [0.15, 0.2) is 5.65 Å². The summed E-state index contributed by atoms with van der Waals surface area (Å²) in [6.07, 6.45) is 1.35. The van der Waals surface area contributed by atoms with Gasteiger partial charge in [0.05, 0.1) is 12.7 Å². The molecule has 0 aromatic carbocycles. The summed E-state index contributed by atoms with van der Waals surface area (Å²) in [5.74, 6) is 0.687. The molecule has 0 fully saturated rings. The Morgan fingerprint density at radius 1 is 1.45 bits per heavy atom. The fourth-order valence-electron chi connectivity index (χ4n) is 1.63. The van der Waals surface area contributed by atoms with E-state index in [1.165, 1.54) is 0 Å². The smallest absolute Gasteiger partial charge is 0.409 e. The van der Waals surface area contributed by atoms with E-state index >= 15 is 0 Å². The van der Waals surface area contributed by atoms with E-state index in [1.807, 2.05) is 32.9 Å². The predicted octanol–water partition coefficient (Wildman–Crippen LogP) is 2.77. The summed E-state index contributed by atoms with van der Waals surface area (Å²) >= 11 is 3.37. The van der Waals surface area contributed by atoms with Gasteiger partial charge in [-0.15, -0.1) is 5.10 Å². The number of carbonyl (C=O) groups excluding carboxylic acids is 1. The van der Waals surface area contributed by atoms with Crippen LogP contribution < -0.4 is 5.32 Å². The predicted molar refractivity (Wildman–Crippen MR) is 88.0 cm³/mol. The second kappa shape index (κ2) is 6.51. The molecule has 1 N–H and O–H groups in total. The number of amides is 1. The van der Waals surface area contributed by atoms with Crippen molar-refractivity contribution in [2.24, 2.45) is 0 Å². The molecule has 120 valence electrons. The molecule has 1 amide bonds. The van der Waals surface area contributed by atoms with Crippen LogP contribution in [-0.4, -0.2) is 51.3 Å². The van der Waals surface area contributed by atoms with Crippen LogP contribution in [0.1, 0.15) is 20.8 Å². The Hall–Kier alpha value is -1.83. The summed E-state index contributed by atoms with van der Waals surface area (Å²) in [5, 5.41) is 7.48. The first-order valence-electron chi connectivity index (χ1n) is 6.94. The Labute approximate surface area is 137 Å². The minimum atomic E-state index is -0.338. The molecule has 2 rings (SSSR count). The number of nitrogens with zero attached hydrogens (tertiary/aromatic N) is 4. The van der Waals surface area contributed by atoms with Gasteiger partial charge < -0.3 is 15.0 Å². The Morgan fingerprint density at radius 3 is 2.86 bits per heavy atom. The molecule has 2 aromatic rings. The molecular weight excluding hydrogens is 350 g/mol. The number of aromatic nitrogens is 3. The largest absolute Gasteiger partial charge is 0.448 e. The number of imidazole rings is 1. The van der Waals surface area contributed by atoms with Gasteiger partial charge in [0, 0.05) is 12.6 Å². The molecule has 0 spiro atoms. The fourth-order valence-corrected chi connectivity index (χ4v) is 1.99. The topological polar surface area (TPSA) is 71.8 Å². The molecule has 0 saturated carbocycles. The number of fused-ring (bicyclic) bond motifs is 1. The number of rotatable bonds is 4. The summed E-state index contributed by atoms with van der Waals surface area (Å²) in [6.45, 7) is 6.61. The van der Waals surface area contributed by atoms with Crippen molar-refractivity contribution >= 4 is 33.5 Å². The molecule has 22 heavy (non-hydrogen) atoms. The first kappa shape index (κ1) is 16.5. The molecule has 7 nitrogen and oxygen atoms in total. The standard InChI is InChI=1S/C14H20BrN5O2/c1-14(2,3)19(4)13(21)22-8-7-16-11-5-6-12-17-9-10(15)20(12)18-11/h5-6,9H,7-8H2,1-4H3,(H,16,18). The van der Waals surface area contributed by atoms with Crippen molar-refractivity contribution in [3.05, 3.63) is 22.9 Å². The highest BCUT2D eigenvalue weighted by Crippen LogP contribution is 2.13. The third-order valence-corrected chi connectivity index (χ3v) is 3.78. The average Bonchev–Trinajstić information content (AvgIpc) is 2.83. The number of nitrogens with one attached hydrogen (secondary N) is 1. The highest BCUT2D eigenvalue weighted by atomic mass is 79.9. The van der Waals surface area contributed by atoms with E-state index in [0.29, 0.717) is 12.4 Å². The maximum atomic E-state index is 11.8. The van der Waals surface area contributed by atoms with Crippen molar-refractivity contribution in [1.82, 2.24) is 19.5 Å². The van der Waals surface area contributed by atoms with Gasteiger partial charge >= 0.3 is 6.09 Å². The Bertz CT molecular complexity index is 665. The van der Waals surface area contributed by atoms with E-state index < -0.39 is 0 Å². The SMILES string of the molecule is CN(C(=O)OCCNc1ccc2ncc(Br)n2n1)C(C)(C)C. The maximum Gasteiger partial charge on any atom is 0.409 e. The minimum Gasteiger partial charge on any atom is -0.448 e. The summed E-state index contributed by atoms with van der Waals surface area (Å²) in [4.78, 5) is 17.6. The summed E-state index contributed by atoms with van der Waals surface area (Å²) in [5.41, 5.74) is 0.501. The van der Waals surface area contributed by atoms with E-state index in [-0.39, 0.29) is 18.2 Å². The van der Waals surface area contributed by atoms with Crippen LogP contribution in [0.3, 0.4) is 0 Å². The molecule has 0 radical (unpaired) electrons. The molecule has 0 aliphatic carbocycles. The van der Waals surface area contributed by atoms with Gasteiger partial charge in [-0.3, -0.25) is 0 Å². The van der Waals surface area contributed by atoms with Crippen LogP contribution in [0.15, 0.2) is 22.9 Å². The molecule has 0 aliphatic rings. The highest BCUT2D eigenvalue weighted by Gasteiger charge is 2.23. The van der Waals surface area contributed by atoms with Crippen molar-refractivity contribution in [2.75, 3.05) is 25.5 Å². The van der Waals surface area contributed by atoms with Crippen molar-refractivity contribution < 1.29 is 9.53 Å². The molecule has 2 heterocycles. The van der Waals surface area contributed by atoms with Gasteiger partial charge in [0.25, 0.3) is 0 Å². The number of ether oxygens (including phenoxy) is 1. The third kappa shape index (κ3) is 3.88. The summed E-state index contributed by atoms with van der Waals surface area (Å²) in [6, 6.07) is 3.69. The lowest BCUT2D eigenvalue weighted by molar-refractivity contribution is 0.0842. The zero-order valence-corrected chi connectivity index (χ0v) is 14.7. The van der Waals surface area contributed by atoms with Crippen LogP contribution in [0.5, 0.6) is 0 Å². The van der Waals surface area contributed by atoms with Crippen molar-refractivity contribution in [2.45, 2.75) is 26.3 Å². The average molecular weight is 370 g/mol. The molecule has 8 heteroatoms. The van der Waals surface area contributed by atoms with Crippen LogP contribution in [0, 0.1) is 0 Å². The van der Waals surface area contributed by atoms with Crippen LogP contribution in [-0.2, 0) is 4.74 Å². The van der Waals surface area contributed by atoms with E-state index in [2.05, 4.69) is 31.3 Å². The molecule has 0 atom stereocenters. The zero-order valence-electron chi connectivity index (χ0n) is 13.1. The molecule has 0 aliphatic heterocycles. The lowest BCUT2D eigenvalue weighted by Gasteiger charge is -2.30. The zero-order chi connectivity index (χ0) is 16.3. The summed E-state index contributed by atoms with van der Waals surface area (Å²) < 4.78 is 7.68. The van der Waals surface area contributed by atoms with Gasteiger partial charge in [-0.2, -0.15) is 0 Å². The number of halogens is 1. The molecule has 2 aromatic heterocycles. The Kier molecular flexibility index (Phi) is 4.90. The molecule has 0 unspecified atom stereocenters. The maximum absolute atomic E-state index is 11.8. The van der Waals surface area contributed by atoms with Crippen LogP contribution in [0.4, 0.5) is 10.6 Å². The number of carbonyl (C=O) groups is 1. The number of anilines is 1. The van der Waals surface area contributed by atoms with Gasteiger partial charge in [-0.1, -0.05) is 0 Å². The van der Waals surface area contributed by atoms with Crippen molar-refractivity contribution in [1.29, 1.82) is 0 Å². The number of hydrogen-bond acceptors (Lipinski definition) is 5. The first-order chi connectivity index (χ1) is 10.3. The minimum absolute atomic E-state index is 0.259.